The van der Waals surface area contributed by atoms with E-state index in [1.54, 1.807) is 0 Å². The van der Waals surface area contributed by atoms with Gasteiger partial charge in [0.05, 0.1) is 0 Å². The van der Waals surface area contributed by atoms with Gasteiger partial charge in [0.1, 0.15) is 5.82 Å². The zero-order valence-corrected chi connectivity index (χ0v) is 13.4. The van der Waals surface area contributed by atoms with E-state index in [4.69, 9.17) is 5.73 Å². The number of hydrogen-bond acceptors (Lipinski definition) is 3. The normalized spacial score (nSPS) is 22.7. The highest BCUT2D eigenvalue weighted by Gasteiger charge is 2.33. The van der Waals surface area contributed by atoms with E-state index < -0.39 is 0 Å². The lowest BCUT2D eigenvalue weighted by Gasteiger charge is -2.33. The molecule has 118 valence electrons. The van der Waals surface area contributed by atoms with Gasteiger partial charge in [-0.15, -0.1) is 0 Å². The molecule has 3 atom stereocenters. The zero-order chi connectivity index (χ0) is 15.4. The van der Waals surface area contributed by atoms with Crippen LogP contribution in [-0.2, 0) is 0 Å². The van der Waals surface area contributed by atoms with Gasteiger partial charge >= 0.3 is 0 Å². The average Bonchev–Trinajstić information content (AvgIpc) is 2.91. The fourth-order valence-corrected chi connectivity index (χ4v) is 3.57. The fraction of sp³-hybridized carbons (Fsp3) is 0.647. The molecule has 0 spiro atoms. The topological polar surface area (TPSA) is 32.5 Å². The van der Waals surface area contributed by atoms with Gasteiger partial charge in [0.25, 0.3) is 0 Å². The van der Waals surface area contributed by atoms with Crippen molar-refractivity contribution >= 4 is 0 Å². The summed E-state index contributed by atoms with van der Waals surface area (Å²) < 4.78 is 13.1. The van der Waals surface area contributed by atoms with E-state index in [1.807, 2.05) is 19.1 Å². The molecule has 0 radical (unpaired) electrons. The Morgan fingerprint density at radius 2 is 1.90 bits per heavy atom. The van der Waals surface area contributed by atoms with Crippen molar-refractivity contribution in [2.45, 2.75) is 45.3 Å². The molecule has 21 heavy (non-hydrogen) atoms. The molecule has 1 heterocycles. The molecule has 0 aliphatic carbocycles. The maximum absolute atomic E-state index is 13.1. The van der Waals surface area contributed by atoms with Crippen molar-refractivity contribution < 1.29 is 4.39 Å². The summed E-state index contributed by atoms with van der Waals surface area (Å²) in [5.41, 5.74) is 7.34. The lowest BCUT2D eigenvalue weighted by atomic mass is 9.99. The Morgan fingerprint density at radius 1 is 1.29 bits per heavy atom. The molecule has 2 rings (SSSR count). The molecule has 1 aromatic rings. The molecule has 1 saturated heterocycles. The molecule has 0 aromatic heterocycles. The SMILES string of the molecule is CCN(CC)C1CCN(C(c2ccc(F)cc2)C(C)N)C1. The van der Waals surface area contributed by atoms with Crippen molar-refractivity contribution in [3.05, 3.63) is 35.6 Å². The van der Waals surface area contributed by atoms with Crippen LogP contribution in [0.4, 0.5) is 4.39 Å². The first-order chi connectivity index (χ1) is 10.1. The first-order valence-electron chi connectivity index (χ1n) is 8.06. The molecule has 3 nitrogen and oxygen atoms in total. The summed E-state index contributed by atoms with van der Waals surface area (Å²) in [7, 11) is 0. The first-order valence-corrected chi connectivity index (χ1v) is 8.06. The lowest BCUT2D eigenvalue weighted by Crippen LogP contribution is -2.41. The molecular formula is C17H28FN3. The van der Waals surface area contributed by atoms with E-state index in [-0.39, 0.29) is 17.9 Å². The number of hydrogen-bond donors (Lipinski definition) is 1. The second-order valence-electron chi connectivity index (χ2n) is 6.01. The number of rotatable bonds is 6. The van der Waals surface area contributed by atoms with Crippen LogP contribution in [-0.4, -0.2) is 48.1 Å². The van der Waals surface area contributed by atoms with Crippen LogP contribution in [0.2, 0.25) is 0 Å². The predicted octanol–water partition coefficient (Wildman–Crippen LogP) is 2.63. The van der Waals surface area contributed by atoms with Gasteiger partial charge in [-0.2, -0.15) is 0 Å². The van der Waals surface area contributed by atoms with Crippen LogP contribution in [0.5, 0.6) is 0 Å². The molecule has 1 aliphatic heterocycles. The van der Waals surface area contributed by atoms with Crippen LogP contribution in [0.15, 0.2) is 24.3 Å². The molecule has 1 aliphatic rings. The van der Waals surface area contributed by atoms with Crippen LogP contribution in [0.3, 0.4) is 0 Å². The minimum absolute atomic E-state index is 0.0333. The highest BCUT2D eigenvalue weighted by Crippen LogP contribution is 2.29. The van der Waals surface area contributed by atoms with Crippen LogP contribution < -0.4 is 5.73 Å². The fourth-order valence-electron chi connectivity index (χ4n) is 3.57. The predicted molar refractivity (Wildman–Crippen MR) is 85.7 cm³/mol. The molecule has 1 aromatic carbocycles. The third-order valence-corrected chi connectivity index (χ3v) is 4.63. The van der Waals surface area contributed by atoms with Crippen molar-refractivity contribution in [3.8, 4) is 0 Å². The number of likely N-dealkylation sites (N-methyl/N-ethyl adjacent to an activating group) is 1. The largest absolute Gasteiger partial charge is 0.326 e. The molecule has 0 saturated carbocycles. The molecule has 1 fully saturated rings. The Balaban J connectivity index is 2.11. The third-order valence-electron chi connectivity index (χ3n) is 4.63. The summed E-state index contributed by atoms with van der Waals surface area (Å²) in [6, 6.07) is 7.62. The summed E-state index contributed by atoms with van der Waals surface area (Å²) in [4.78, 5) is 4.98. The Morgan fingerprint density at radius 3 is 2.43 bits per heavy atom. The van der Waals surface area contributed by atoms with E-state index in [0.717, 1.165) is 31.7 Å². The first kappa shape index (κ1) is 16.4. The third kappa shape index (κ3) is 3.82. The molecule has 2 N–H and O–H groups in total. The summed E-state index contributed by atoms with van der Waals surface area (Å²) in [6.45, 7) is 10.8. The highest BCUT2D eigenvalue weighted by atomic mass is 19.1. The van der Waals surface area contributed by atoms with Crippen LogP contribution >= 0.6 is 0 Å². The standard InChI is InChI=1S/C17H28FN3/c1-4-20(5-2)16-10-11-21(12-16)17(13(3)19)14-6-8-15(18)9-7-14/h6-9,13,16-17H,4-5,10-12,19H2,1-3H3. The van der Waals surface area contributed by atoms with Gasteiger partial charge in [-0.25, -0.2) is 4.39 Å². The molecule has 4 heteroatoms. The molecule has 3 unspecified atom stereocenters. The van der Waals surface area contributed by atoms with Gasteiger partial charge in [-0.05, 0) is 44.1 Å². The second-order valence-corrected chi connectivity index (χ2v) is 6.01. The van der Waals surface area contributed by atoms with Crippen molar-refractivity contribution in [1.29, 1.82) is 0 Å². The smallest absolute Gasteiger partial charge is 0.123 e. The van der Waals surface area contributed by atoms with Crippen molar-refractivity contribution in [1.82, 2.24) is 9.80 Å². The van der Waals surface area contributed by atoms with Gasteiger partial charge in [-0.1, -0.05) is 26.0 Å². The Bertz CT molecular complexity index is 428. The maximum atomic E-state index is 13.1. The molecular weight excluding hydrogens is 265 g/mol. The monoisotopic (exact) mass is 293 g/mol. The minimum atomic E-state index is -0.190. The van der Waals surface area contributed by atoms with E-state index >= 15 is 0 Å². The zero-order valence-electron chi connectivity index (χ0n) is 13.4. The van der Waals surface area contributed by atoms with Gasteiger partial charge in [-0.3, -0.25) is 9.80 Å². The van der Waals surface area contributed by atoms with Crippen molar-refractivity contribution in [3.63, 3.8) is 0 Å². The second kappa shape index (κ2) is 7.34. The van der Waals surface area contributed by atoms with E-state index in [9.17, 15) is 4.39 Å². The van der Waals surface area contributed by atoms with Crippen LogP contribution in [0.1, 0.15) is 38.8 Å². The maximum Gasteiger partial charge on any atom is 0.123 e. The van der Waals surface area contributed by atoms with Crippen molar-refractivity contribution in [2.24, 2.45) is 5.73 Å². The minimum Gasteiger partial charge on any atom is -0.326 e. The number of nitrogens with zero attached hydrogens (tertiary/aromatic N) is 2. The van der Waals surface area contributed by atoms with Gasteiger partial charge in [0.15, 0.2) is 0 Å². The number of nitrogens with two attached hydrogens (primary N) is 1. The number of halogens is 1. The number of likely N-dealkylation sites (tertiary alicyclic amines) is 1. The van der Waals surface area contributed by atoms with E-state index in [0.29, 0.717) is 6.04 Å². The lowest BCUT2D eigenvalue weighted by molar-refractivity contribution is 0.176. The number of benzene rings is 1. The molecule has 0 bridgehead atoms. The highest BCUT2D eigenvalue weighted by molar-refractivity contribution is 5.22. The van der Waals surface area contributed by atoms with Crippen LogP contribution in [0, 0.1) is 5.82 Å². The quantitative estimate of drug-likeness (QED) is 0.875. The van der Waals surface area contributed by atoms with E-state index in [1.165, 1.54) is 18.6 Å². The van der Waals surface area contributed by atoms with E-state index in [2.05, 4.69) is 23.6 Å². The Hall–Kier alpha value is -0.970. The van der Waals surface area contributed by atoms with Crippen molar-refractivity contribution in [2.75, 3.05) is 26.2 Å². The van der Waals surface area contributed by atoms with Crippen LogP contribution in [0.25, 0.3) is 0 Å². The molecule has 0 amide bonds. The average molecular weight is 293 g/mol. The summed E-state index contributed by atoms with van der Waals surface area (Å²) in [5, 5.41) is 0. The Kier molecular flexibility index (Phi) is 5.73. The van der Waals surface area contributed by atoms with Gasteiger partial charge < -0.3 is 5.73 Å². The Labute approximate surface area is 127 Å². The van der Waals surface area contributed by atoms with Gasteiger partial charge in [0, 0.05) is 31.2 Å². The summed E-state index contributed by atoms with van der Waals surface area (Å²) >= 11 is 0. The summed E-state index contributed by atoms with van der Waals surface area (Å²) in [6.07, 6.45) is 1.19. The summed E-state index contributed by atoms with van der Waals surface area (Å²) in [5.74, 6) is -0.190. The van der Waals surface area contributed by atoms with Gasteiger partial charge in [0.2, 0.25) is 0 Å².